The Hall–Kier alpha value is -0.590. The standard InChI is InChI=1S/C11H20N4OS/c1-8(2)14-11(5-16,9-3-4-9)6-17-10-12-7-13-15-10/h7-9,14,16H,3-6H2,1-2H3,(H,12,13,15). The van der Waals surface area contributed by atoms with Gasteiger partial charge in [0.15, 0.2) is 5.16 Å². The van der Waals surface area contributed by atoms with Crippen LogP contribution in [0.2, 0.25) is 0 Å². The lowest BCUT2D eigenvalue weighted by molar-refractivity contribution is 0.150. The van der Waals surface area contributed by atoms with Crippen molar-refractivity contribution in [3.63, 3.8) is 0 Å². The highest BCUT2D eigenvalue weighted by atomic mass is 32.2. The predicted molar refractivity (Wildman–Crippen MR) is 67.9 cm³/mol. The minimum atomic E-state index is -0.175. The van der Waals surface area contributed by atoms with Crippen molar-refractivity contribution in [2.24, 2.45) is 5.92 Å². The number of H-pyrrole nitrogens is 1. The van der Waals surface area contributed by atoms with Crippen LogP contribution in [0.15, 0.2) is 11.5 Å². The number of hydrogen-bond acceptors (Lipinski definition) is 5. The maximum atomic E-state index is 9.74. The maximum Gasteiger partial charge on any atom is 0.183 e. The number of nitrogens with one attached hydrogen (secondary N) is 2. The monoisotopic (exact) mass is 256 g/mol. The van der Waals surface area contributed by atoms with E-state index in [4.69, 9.17) is 0 Å². The first-order valence-electron chi connectivity index (χ1n) is 6.03. The summed E-state index contributed by atoms with van der Waals surface area (Å²) in [6.07, 6.45) is 3.92. The predicted octanol–water partition coefficient (Wildman–Crippen LogP) is 1.04. The lowest BCUT2D eigenvalue weighted by Crippen LogP contribution is -2.55. The number of thioether (sulfide) groups is 1. The van der Waals surface area contributed by atoms with Gasteiger partial charge in [-0.15, -0.1) is 0 Å². The molecule has 3 N–H and O–H groups in total. The Morgan fingerprint density at radius 1 is 1.65 bits per heavy atom. The Morgan fingerprint density at radius 2 is 2.41 bits per heavy atom. The normalized spacial score (nSPS) is 19.5. The molecule has 1 heterocycles. The molecular formula is C11H20N4OS. The zero-order valence-corrected chi connectivity index (χ0v) is 11.1. The lowest BCUT2D eigenvalue weighted by Gasteiger charge is -2.35. The van der Waals surface area contributed by atoms with E-state index in [9.17, 15) is 5.11 Å². The van der Waals surface area contributed by atoms with E-state index in [2.05, 4.69) is 34.3 Å². The van der Waals surface area contributed by atoms with E-state index in [0.29, 0.717) is 12.0 Å². The number of rotatable bonds is 7. The van der Waals surface area contributed by atoms with Crippen LogP contribution in [0.25, 0.3) is 0 Å². The Morgan fingerprint density at radius 3 is 2.88 bits per heavy atom. The number of aliphatic hydroxyl groups excluding tert-OH is 1. The summed E-state index contributed by atoms with van der Waals surface area (Å²) in [6.45, 7) is 4.41. The minimum absolute atomic E-state index is 0.175. The molecule has 1 saturated carbocycles. The highest BCUT2D eigenvalue weighted by Gasteiger charge is 2.45. The van der Waals surface area contributed by atoms with Crippen LogP contribution in [-0.4, -0.2) is 44.2 Å². The van der Waals surface area contributed by atoms with Crippen LogP contribution in [-0.2, 0) is 0 Å². The Kier molecular flexibility index (Phi) is 4.06. The highest BCUT2D eigenvalue weighted by Crippen LogP contribution is 2.42. The van der Waals surface area contributed by atoms with Crippen LogP contribution in [0, 0.1) is 5.92 Å². The second-order valence-corrected chi connectivity index (χ2v) is 5.93. The molecule has 0 radical (unpaired) electrons. The second-order valence-electron chi connectivity index (χ2n) is 4.97. The average Bonchev–Trinajstić information content (AvgIpc) is 3.02. The van der Waals surface area contributed by atoms with Gasteiger partial charge < -0.3 is 10.4 Å². The molecule has 0 spiro atoms. The molecular weight excluding hydrogens is 236 g/mol. The SMILES string of the molecule is CC(C)NC(CO)(CSc1ncn[nH]1)C1CC1. The third kappa shape index (κ3) is 3.20. The summed E-state index contributed by atoms with van der Waals surface area (Å²) in [5, 5.41) is 20.8. The zero-order valence-electron chi connectivity index (χ0n) is 10.3. The van der Waals surface area contributed by atoms with E-state index in [0.717, 1.165) is 10.9 Å². The van der Waals surface area contributed by atoms with Crippen molar-refractivity contribution < 1.29 is 5.11 Å². The van der Waals surface area contributed by atoms with Crippen LogP contribution in [0.3, 0.4) is 0 Å². The molecule has 5 nitrogen and oxygen atoms in total. The molecule has 0 saturated heterocycles. The molecule has 1 fully saturated rings. The molecule has 1 aliphatic carbocycles. The third-order valence-corrected chi connectivity index (χ3v) is 4.21. The van der Waals surface area contributed by atoms with Crippen LogP contribution >= 0.6 is 11.8 Å². The number of aromatic nitrogens is 3. The van der Waals surface area contributed by atoms with Gasteiger partial charge in [-0.25, -0.2) is 4.98 Å². The first-order chi connectivity index (χ1) is 8.16. The van der Waals surface area contributed by atoms with Gasteiger partial charge in [0.2, 0.25) is 0 Å². The Bertz CT molecular complexity index is 339. The van der Waals surface area contributed by atoms with Gasteiger partial charge in [0.25, 0.3) is 0 Å². The summed E-state index contributed by atoms with van der Waals surface area (Å²) < 4.78 is 0. The Labute approximate surface area is 106 Å². The maximum absolute atomic E-state index is 9.74. The summed E-state index contributed by atoms with van der Waals surface area (Å²) in [4.78, 5) is 4.10. The minimum Gasteiger partial charge on any atom is -0.394 e. The van der Waals surface area contributed by atoms with Gasteiger partial charge in [0.1, 0.15) is 6.33 Å². The highest BCUT2D eigenvalue weighted by molar-refractivity contribution is 7.99. The van der Waals surface area contributed by atoms with Crippen LogP contribution in [0.4, 0.5) is 0 Å². The number of aromatic amines is 1. The number of nitrogens with zero attached hydrogens (tertiary/aromatic N) is 2. The average molecular weight is 256 g/mol. The molecule has 1 aliphatic rings. The van der Waals surface area contributed by atoms with E-state index in [-0.39, 0.29) is 12.1 Å². The van der Waals surface area contributed by atoms with Gasteiger partial charge >= 0.3 is 0 Å². The molecule has 0 amide bonds. The van der Waals surface area contributed by atoms with Crippen molar-refractivity contribution in [2.75, 3.05) is 12.4 Å². The van der Waals surface area contributed by atoms with Gasteiger partial charge in [-0.05, 0) is 18.8 Å². The van der Waals surface area contributed by atoms with E-state index >= 15 is 0 Å². The van der Waals surface area contributed by atoms with Gasteiger partial charge in [-0.3, -0.25) is 5.10 Å². The first kappa shape index (κ1) is 12.9. The quantitative estimate of drug-likeness (QED) is 0.636. The van der Waals surface area contributed by atoms with Gasteiger partial charge in [0, 0.05) is 11.8 Å². The molecule has 1 aromatic rings. The fourth-order valence-electron chi connectivity index (χ4n) is 2.17. The molecule has 1 atom stereocenters. The van der Waals surface area contributed by atoms with Crippen LogP contribution in [0.1, 0.15) is 26.7 Å². The second kappa shape index (κ2) is 5.37. The topological polar surface area (TPSA) is 73.8 Å². The molecule has 0 aliphatic heterocycles. The van der Waals surface area contributed by atoms with Gasteiger partial charge in [0.05, 0.1) is 12.1 Å². The fourth-order valence-corrected chi connectivity index (χ4v) is 3.21. The molecule has 17 heavy (non-hydrogen) atoms. The number of hydrogen-bond donors (Lipinski definition) is 3. The third-order valence-electron chi connectivity index (χ3n) is 3.08. The molecule has 6 heteroatoms. The van der Waals surface area contributed by atoms with Crippen molar-refractivity contribution in [2.45, 2.75) is 43.4 Å². The van der Waals surface area contributed by atoms with Crippen molar-refractivity contribution in [1.82, 2.24) is 20.5 Å². The lowest BCUT2D eigenvalue weighted by atomic mass is 9.95. The van der Waals surface area contributed by atoms with E-state index in [1.807, 2.05) is 0 Å². The largest absolute Gasteiger partial charge is 0.394 e. The molecule has 0 aromatic carbocycles. The summed E-state index contributed by atoms with van der Waals surface area (Å²) in [5.41, 5.74) is -0.175. The molecule has 1 unspecified atom stereocenters. The zero-order chi connectivity index (χ0) is 12.3. The fraction of sp³-hybridized carbons (Fsp3) is 0.818. The van der Waals surface area contributed by atoms with Gasteiger partial charge in [-0.1, -0.05) is 25.6 Å². The summed E-state index contributed by atoms with van der Waals surface area (Å²) in [6, 6.07) is 0.373. The van der Waals surface area contributed by atoms with E-state index in [1.165, 1.54) is 19.2 Å². The van der Waals surface area contributed by atoms with E-state index in [1.54, 1.807) is 11.8 Å². The van der Waals surface area contributed by atoms with Crippen molar-refractivity contribution >= 4 is 11.8 Å². The smallest absolute Gasteiger partial charge is 0.183 e. The molecule has 1 aromatic heterocycles. The van der Waals surface area contributed by atoms with Crippen molar-refractivity contribution in [3.8, 4) is 0 Å². The summed E-state index contributed by atoms with van der Waals surface area (Å²) in [5.74, 6) is 1.41. The number of aliphatic hydroxyl groups is 1. The Balaban J connectivity index is 1.99. The van der Waals surface area contributed by atoms with Crippen molar-refractivity contribution in [3.05, 3.63) is 6.33 Å². The molecule has 0 bridgehead atoms. The van der Waals surface area contributed by atoms with Gasteiger partial charge in [-0.2, -0.15) is 5.10 Å². The summed E-state index contributed by atoms with van der Waals surface area (Å²) in [7, 11) is 0. The molecule has 96 valence electrons. The van der Waals surface area contributed by atoms with Crippen LogP contribution in [0.5, 0.6) is 0 Å². The summed E-state index contributed by atoms with van der Waals surface area (Å²) >= 11 is 1.62. The van der Waals surface area contributed by atoms with E-state index < -0.39 is 0 Å². The first-order valence-corrected chi connectivity index (χ1v) is 7.01. The van der Waals surface area contributed by atoms with Crippen molar-refractivity contribution in [1.29, 1.82) is 0 Å². The van der Waals surface area contributed by atoms with Crippen LogP contribution < -0.4 is 5.32 Å². The molecule has 2 rings (SSSR count).